The molecule has 37 heavy (non-hydrogen) atoms. The van der Waals surface area contributed by atoms with Crippen molar-refractivity contribution >= 4 is 67.7 Å². The third-order valence-electron chi connectivity index (χ3n) is 6.18. The molecule has 1 heterocycles. The van der Waals surface area contributed by atoms with Crippen molar-refractivity contribution in [3.8, 4) is 5.75 Å². The van der Waals surface area contributed by atoms with Crippen molar-refractivity contribution in [1.29, 1.82) is 0 Å². The molecule has 1 N–H and O–H groups in total. The number of hydrogen-bond acceptors (Lipinski definition) is 4. The molecule has 0 aliphatic carbocycles. The first-order chi connectivity index (χ1) is 18.1. The highest BCUT2D eigenvalue weighted by atomic mass is 35.5. The van der Waals surface area contributed by atoms with Gasteiger partial charge in [0.2, 0.25) is 0 Å². The van der Waals surface area contributed by atoms with E-state index in [0.29, 0.717) is 21.7 Å². The van der Waals surface area contributed by atoms with Crippen LogP contribution in [0.15, 0.2) is 113 Å². The number of carbonyl (C=O) groups is 1. The van der Waals surface area contributed by atoms with Gasteiger partial charge in [-0.1, -0.05) is 84.4 Å². The van der Waals surface area contributed by atoms with Gasteiger partial charge in [0.1, 0.15) is 12.4 Å². The summed E-state index contributed by atoms with van der Waals surface area (Å²) in [6, 6.07) is 33.8. The van der Waals surface area contributed by atoms with E-state index >= 15 is 0 Å². The minimum atomic E-state index is -0.189. The number of benzene rings is 5. The van der Waals surface area contributed by atoms with Crippen LogP contribution in [-0.2, 0) is 11.4 Å². The number of amidine groups is 1. The Morgan fingerprint density at radius 1 is 0.811 bits per heavy atom. The Morgan fingerprint density at radius 2 is 1.51 bits per heavy atom. The topological polar surface area (TPSA) is 50.7 Å². The Labute approximate surface area is 223 Å². The molecule has 0 saturated carbocycles. The van der Waals surface area contributed by atoms with Crippen LogP contribution in [-0.4, -0.2) is 11.1 Å². The first-order valence-electron chi connectivity index (χ1n) is 11.8. The number of nitrogens with zero attached hydrogens (tertiary/aromatic N) is 1. The maximum atomic E-state index is 12.9. The highest BCUT2D eigenvalue weighted by molar-refractivity contribution is 8.18. The number of carbonyl (C=O) groups excluding carboxylic acids is 1. The van der Waals surface area contributed by atoms with Crippen molar-refractivity contribution in [1.82, 2.24) is 5.32 Å². The van der Waals surface area contributed by atoms with Crippen LogP contribution in [0, 0.1) is 0 Å². The van der Waals surface area contributed by atoms with Crippen LogP contribution in [0.5, 0.6) is 5.75 Å². The molecule has 6 heteroatoms. The first-order valence-corrected chi connectivity index (χ1v) is 13.0. The van der Waals surface area contributed by atoms with Crippen molar-refractivity contribution < 1.29 is 9.53 Å². The fourth-order valence-corrected chi connectivity index (χ4v) is 5.32. The lowest BCUT2D eigenvalue weighted by atomic mass is 10.0. The normalized spacial score (nSPS) is 15.5. The molecule has 5 aromatic rings. The number of ether oxygens (including phenoxy) is 1. The Hall–Kier alpha value is -4.06. The maximum Gasteiger partial charge on any atom is 0.264 e. The van der Waals surface area contributed by atoms with E-state index in [-0.39, 0.29) is 5.91 Å². The second kappa shape index (κ2) is 10.1. The van der Waals surface area contributed by atoms with E-state index in [0.717, 1.165) is 33.3 Å². The minimum absolute atomic E-state index is 0.189. The molecule has 0 bridgehead atoms. The summed E-state index contributed by atoms with van der Waals surface area (Å²) in [4.78, 5) is 18.0. The molecule has 0 aromatic heterocycles. The van der Waals surface area contributed by atoms with Crippen LogP contribution < -0.4 is 10.1 Å². The van der Waals surface area contributed by atoms with Gasteiger partial charge in [-0.3, -0.25) is 4.79 Å². The molecule has 1 saturated heterocycles. The quantitative estimate of drug-likeness (QED) is 0.238. The predicted octanol–water partition coefficient (Wildman–Crippen LogP) is 8.12. The standard InChI is InChI=1S/C31H21ClN2O2S/c32-23-13-15-24(16-14-23)33-31-34-30(35)29(37-31)18-27-26-11-4-2-7-21(26)12-17-28(27)36-19-22-9-5-8-20-6-1-3-10-25(20)22/h1-18H,19H2,(H,33,34,35)/b29-18-. The largest absolute Gasteiger partial charge is 0.488 e. The van der Waals surface area contributed by atoms with Crippen LogP contribution in [0.25, 0.3) is 27.6 Å². The Balaban J connectivity index is 1.35. The van der Waals surface area contributed by atoms with Crippen LogP contribution in [0.3, 0.4) is 0 Å². The van der Waals surface area contributed by atoms with Gasteiger partial charge in [0, 0.05) is 10.6 Å². The molecule has 180 valence electrons. The fourth-order valence-electron chi connectivity index (χ4n) is 4.37. The number of aliphatic imine (C=N–C) groups is 1. The molecule has 1 amide bonds. The highest BCUT2D eigenvalue weighted by Gasteiger charge is 2.25. The number of amides is 1. The number of thioether (sulfide) groups is 1. The second-order valence-corrected chi connectivity index (χ2v) is 10.1. The lowest BCUT2D eigenvalue weighted by Crippen LogP contribution is -2.19. The Morgan fingerprint density at radius 3 is 2.32 bits per heavy atom. The van der Waals surface area contributed by atoms with Gasteiger partial charge in [0.05, 0.1) is 10.6 Å². The van der Waals surface area contributed by atoms with E-state index in [1.807, 2.05) is 66.7 Å². The van der Waals surface area contributed by atoms with E-state index in [2.05, 4.69) is 40.6 Å². The molecule has 6 rings (SSSR count). The monoisotopic (exact) mass is 520 g/mol. The number of rotatable bonds is 5. The van der Waals surface area contributed by atoms with Gasteiger partial charge in [-0.05, 0) is 75.3 Å². The SMILES string of the molecule is O=C1NC(=Nc2ccc(Cl)cc2)S/C1=C\c1c(OCc2cccc3ccccc23)ccc2ccccc12. The zero-order valence-electron chi connectivity index (χ0n) is 19.6. The average molecular weight is 521 g/mol. The van der Waals surface area contributed by atoms with Crippen LogP contribution in [0.4, 0.5) is 5.69 Å². The van der Waals surface area contributed by atoms with Crippen LogP contribution in [0.1, 0.15) is 11.1 Å². The number of halogens is 1. The Bertz CT molecular complexity index is 1710. The number of hydrogen-bond donors (Lipinski definition) is 1. The molecule has 1 aliphatic heterocycles. The van der Waals surface area contributed by atoms with Crippen LogP contribution in [0.2, 0.25) is 5.02 Å². The summed E-state index contributed by atoms with van der Waals surface area (Å²) in [5.41, 5.74) is 2.69. The summed E-state index contributed by atoms with van der Waals surface area (Å²) in [6.45, 7) is 0.415. The molecule has 0 spiro atoms. The molecule has 4 nitrogen and oxygen atoms in total. The summed E-state index contributed by atoms with van der Waals surface area (Å²) in [5, 5.41) is 8.46. The molecule has 5 aromatic carbocycles. The smallest absolute Gasteiger partial charge is 0.264 e. The molecule has 0 radical (unpaired) electrons. The lowest BCUT2D eigenvalue weighted by molar-refractivity contribution is -0.115. The number of fused-ring (bicyclic) bond motifs is 2. The lowest BCUT2D eigenvalue weighted by Gasteiger charge is -2.14. The molecule has 0 unspecified atom stereocenters. The summed E-state index contributed by atoms with van der Waals surface area (Å²) in [5.74, 6) is 0.529. The van der Waals surface area contributed by atoms with E-state index in [1.54, 1.807) is 12.1 Å². The van der Waals surface area contributed by atoms with Gasteiger partial charge in [-0.25, -0.2) is 4.99 Å². The fraction of sp³-hybridized carbons (Fsp3) is 0.0323. The molecular weight excluding hydrogens is 500 g/mol. The summed E-state index contributed by atoms with van der Waals surface area (Å²) >= 11 is 7.28. The first kappa shape index (κ1) is 23.3. The molecular formula is C31H21ClN2O2S. The third-order valence-corrected chi connectivity index (χ3v) is 7.34. The van der Waals surface area contributed by atoms with Crippen molar-refractivity contribution in [3.63, 3.8) is 0 Å². The van der Waals surface area contributed by atoms with E-state index in [4.69, 9.17) is 16.3 Å². The summed E-state index contributed by atoms with van der Waals surface area (Å²) in [6.07, 6.45) is 1.89. The minimum Gasteiger partial charge on any atom is -0.488 e. The van der Waals surface area contributed by atoms with Crippen molar-refractivity contribution in [3.05, 3.63) is 124 Å². The number of nitrogens with one attached hydrogen (secondary N) is 1. The van der Waals surface area contributed by atoms with Gasteiger partial charge in [0.25, 0.3) is 5.91 Å². The maximum absolute atomic E-state index is 12.9. The van der Waals surface area contributed by atoms with E-state index in [9.17, 15) is 4.79 Å². The van der Waals surface area contributed by atoms with Gasteiger partial charge in [-0.2, -0.15) is 0 Å². The highest BCUT2D eigenvalue weighted by Crippen LogP contribution is 2.35. The third kappa shape index (κ3) is 4.96. The average Bonchev–Trinajstić information content (AvgIpc) is 3.27. The molecule has 1 fully saturated rings. The molecule has 1 aliphatic rings. The Kier molecular flexibility index (Phi) is 6.39. The summed E-state index contributed by atoms with van der Waals surface area (Å²) < 4.78 is 6.39. The van der Waals surface area contributed by atoms with Crippen LogP contribution >= 0.6 is 23.4 Å². The van der Waals surface area contributed by atoms with Crippen molar-refractivity contribution in [2.75, 3.05) is 0 Å². The van der Waals surface area contributed by atoms with Gasteiger partial charge in [-0.15, -0.1) is 0 Å². The predicted molar refractivity (Wildman–Crippen MR) is 154 cm³/mol. The van der Waals surface area contributed by atoms with E-state index < -0.39 is 0 Å². The van der Waals surface area contributed by atoms with Gasteiger partial charge < -0.3 is 10.1 Å². The van der Waals surface area contributed by atoms with Crippen molar-refractivity contribution in [2.45, 2.75) is 6.61 Å². The zero-order chi connectivity index (χ0) is 25.2. The summed E-state index contributed by atoms with van der Waals surface area (Å²) in [7, 11) is 0. The second-order valence-electron chi connectivity index (χ2n) is 8.58. The van der Waals surface area contributed by atoms with Gasteiger partial charge in [0.15, 0.2) is 5.17 Å². The zero-order valence-corrected chi connectivity index (χ0v) is 21.2. The van der Waals surface area contributed by atoms with Crippen molar-refractivity contribution in [2.24, 2.45) is 4.99 Å². The van der Waals surface area contributed by atoms with E-state index in [1.165, 1.54) is 22.5 Å². The molecule has 0 atom stereocenters. The van der Waals surface area contributed by atoms with Gasteiger partial charge >= 0.3 is 0 Å².